The lowest BCUT2D eigenvalue weighted by Gasteiger charge is -2.08. The van der Waals surface area contributed by atoms with E-state index in [2.05, 4.69) is 10.3 Å². The van der Waals surface area contributed by atoms with Gasteiger partial charge in [-0.2, -0.15) is 0 Å². The summed E-state index contributed by atoms with van der Waals surface area (Å²) in [5.41, 5.74) is 9.51. The van der Waals surface area contributed by atoms with Crippen molar-refractivity contribution in [3.05, 3.63) is 53.3 Å². The zero-order chi connectivity index (χ0) is 13.1. The average molecular weight is 241 g/mol. The van der Waals surface area contributed by atoms with Crippen LogP contribution in [-0.2, 0) is 0 Å². The number of benzene rings is 1. The number of rotatable bonds is 2. The maximum Gasteiger partial charge on any atom is 0.255 e. The van der Waals surface area contributed by atoms with Crippen molar-refractivity contribution in [1.29, 1.82) is 0 Å². The normalized spacial score (nSPS) is 10.1. The maximum absolute atomic E-state index is 12.1. The van der Waals surface area contributed by atoms with E-state index in [1.165, 1.54) is 6.20 Å². The Hall–Kier alpha value is -2.36. The van der Waals surface area contributed by atoms with Crippen LogP contribution >= 0.6 is 0 Å². The number of hydrogen-bond donors (Lipinski definition) is 2. The number of nitrogens with zero attached hydrogens (tertiary/aromatic N) is 1. The molecule has 0 aliphatic carbocycles. The van der Waals surface area contributed by atoms with E-state index in [1.807, 2.05) is 32.0 Å². The van der Waals surface area contributed by atoms with Gasteiger partial charge in [-0.05, 0) is 32.0 Å². The van der Waals surface area contributed by atoms with Gasteiger partial charge in [0.2, 0.25) is 0 Å². The Labute approximate surface area is 106 Å². The van der Waals surface area contributed by atoms with Gasteiger partial charge in [0.15, 0.2) is 0 Å². The number of nitrogens with two attached hydrogens (primary N) is 1. The highest BCUT2D eigenvalue weighted by Gasteiger charge is 2.08. The molecule has 0 aliphatic heterocycles. The van der Waals surface area contributed by atoms with E-state index in [-0.39, 0.29) is 5.91 Å². The number of nitrogen functional groups attached to an aromatic ring is 1. The van der Waals surface area contributed by atoms with E-state index in [0.717, 1.165) is 11.1 Å². The summed E-state index contributed by atoms with van der Waals surface area (Å²) in [6.07, 6.45) is 3.10. The lowest BCUT2D eigenvalue weighted by molar-refractivity contribution is 0.102. The molecule has 3 N–H and O–H groups in total. The molecule has 92 valence electrons. The first-order valence-electron chi connectivity index (χ1n) is 5.65. The Morgan fingerprint density at radius 3 is 2.50 bits per heavy atom. The summed E-state index contributed by atoms with van der Waals surface area (Å²) in [5, 5.41) is 2.78. The number of aryl methyl sites for hydroxylation is 2. The van der Waals surface area contributed by atoms with Crippen LogP contribution in [0, 0.1) is 13.8 Å². The molecule has 0 saturated carbocycles. The Balaban J connectivity index is 2.25. The highest BCUT2D eigenvalue weighted by Crippen LogP contribution is 2.17. The van der Waals surface area contributed by atoms with Crippen LogP contribution < -0.4 is 11.1 Å². The minimum atomic E-state index is -0.167. The SMILES string of the molecule is Cc1cc(C)cc(C(=O)Nc2ccncc2N)c1. The summed E-state index contributed by atoms with van der Waals surface area (Å²) in [4.78, 5) is 16.0. The van der Waals surface area contributed by atoms with Crippen LogP contribution in [0.3, 0.4) is 0 Å². The van der Waals surface area contributed by atoms with Gasteiger partial charge in [0.25, 0.3) is 5.91 Å². The van der Waals surface area contributed by atoms with E-state index < -0.39 is 0 Å². The predicted molar refractivity (Wildman–Crippen MR) is 72.5 cm³/mol. The molecular weight excluding hydrogens is 226 g/mol. The number of amides is 1. The van der Waals surface area contributed by atoms with Crippen molar-refractivity contribution in [3.63, 3.8) is 0 Å². The minimum absolute atomic E-state index is 0.167. The van der Waals surface area contributed by atoms with Crippen LogP contribution in [-0.4, -0.2) is 10.9 Å². The standard InChI is InChI=1S/C14H15N3O/c1-9-5-10(2)7-11(6-9)14(18)17-13-3-4-16-8-12(13)15/h3-8H,15H2,1-2H3,(H,16,17,18). The number of nitrogens with one attached hydrogen (secondary N) is 1. The quantitative estimate of drug-likeness (QED) is 0.849. The second-order valence-corrected chi connectivity index (χ2v) is 4.29. The van der Waals surface area contributed by atoms with Gasteiger partial charge >= 0.3 is 0 Å². The fourth-order valence-corrected chi connectivity index (χ4v) is 1.82. The van der Waals surface area contributed by atoms with Crippen molar-refractivity contribution in [2.24, 2.45) is 0 Å². The van der Waals surface area contributed by atoms with Crippen LogP contribution in [0.5, 0.6) is 0 Å². The number of carbonyl (C=O) groups is 1. The summed E-state index contributed by atoms with van der Waals surface area (Å²) in [7, 11) is 0. The summed E-state index contributed by atoms with van der Waals surface area (Å²) < 4.78 is 0. The highest BCUT2D eigenvalue weighted by atomic mass is 16.1. The van der Waals surface area contributed by atoms with Crippen molar-refractivity contribution >= 4 is 17.3 Å². The zero-order valence-electron chi connectivity index (χ0n) is 10.4. The predicted octanol–water partition coefficient (Wildman–Crippen LogP) is 2.53. The van der Waals surface area contributed by atoms with Crippen LogP contribution in [0.4, 0.5) is 11.4 Å². The molecule has 2 aromatic rings. The van der Waals surface area contributed by atoms with E-state index in [4.69, 9.17) is 5.73 Å². The molecule has 0 fully saturated rings. The van der Waals surface area contributed by atoms with Gasteiger partial charge < -0.3 is 11.1 Å². The number of anilines is 2. The molecule has 0 unspecified atom stereocenters. The molecule has 1 aromatic carbocycles. The van der Waals surface area contributed by atoms with E-state index in [1.54, 1.807) is 12.3 Å². The van der Waals surface area contributed by atoms with E-state index >= 15 is 0 Å². The Bertz CT molecular complexity index is 573. The average Bonchev–Trinajstić information content (AvgIpc) is 2.31. The Kier molecular flexibility index (Phi) is 3.28. The number of aromatic nitrogens is 1. The molecule has 4 nitrogen and oxygen atoms in total. The largest absolute Gasteiger partial charge is 0.396 e. The topological polar surface area (TPSA) is 68.0 Å². The number of hydrogen-bond acceptors (Lipinski definition) is 3. The molecule has 18 heavy (non-hydrogen) atoms. The molecule has 0 bridgehead atoms. The van der Waals surface area contributed by atoms with Gasteiger partial charge in [0, 0.05) is 11.8 Å². The summed E-state index contributed by atoms with van der Waals surface area (Å²) in [6.45, 7) is 3.93. The van der Waals surface area contributed by atoms with Crippen molar-refractivity contribution in [1.82, 2.24) is 4.98 Å². The Morgan fingerprint density at radius 1 is 1.22 bits per heavy atom. The second kappa shape index (κ2) is 4.87. The minimum Gasteiger partial charge on any atom is -0.396 e. The molecule has 0 spiro atoms. The molecule has 0 radical (unpaired) electrons. The molecule has 1 amide bonds. The zero-order valence-corrected chi connectivity index (χ0v) is 10.4. The Morgan fingerprint density at radius 2 is 1.89 bits per heavy atom. The van der Waals surface area contributed by atoms with Crippen molar-refractivity contribution in [3.8, 4) is 0 Å². The van der Waals surface area contributed by atoms with Crippen molar-refractivity contribution < 1.29 is 4.79 Å². The van der Waals surface area contributed by atoms with Gasteiger partial charge in [-0.15, -0.1) is 0 Å². The van der Waals surface area contributed by atoms with Crippen molar-refractivity contribution in [2.75, 3.05) is 11.1 Å². The molecule has 0 aliphatic rings. The number of pyridine rings is 1. The summed E-state index contributed by atoms with van der Waals surface area (Å²) in [6, 6.07) is 7.40. The molecule has 4 heteroatoms. The maximum atomic E-state index is 12.1. The van der Waals surface area contributed by atoms with Gasteiger partial charge in [-0.3, -0.25) is 9.78 Å². The second-order valence-electron chi connectivity index (χ2n) is 4.29. The third kappa shape index (κ3) is 2.66. The third-order valence-corrected chi connectivity index (χ3v) is 2.58. The first-order valence-corrected chi connectivity index (χ1v) is 5.65. The molecule has 2 rings (SSSR count). The molecular formula is C14H15N3O. The molecule has 1 heterocycles. The van der Waals surface area contributed by atoms with Crippen LogP contribution in [0.15, 0.2) is 36.7 Å². The van der Waals surface area contributed by atoms with Gasteiger partial charge in [0.05, 0.1) is 17.6 Å². The summed E-state index contributed by atoms with van der Waals surface area (Å²) in [5.74, 6) is -0.167. The van der Waals surface area contributed by atoms with Gasteiger partial charge in [0.1, 0.15) is 0 Å². The van der Waals surface area contributed by atoms with Crippen LogP contribution in [0.2, 0.25) is 0 Å². The van der Waals surface area contributed by atoms with Crippen LogP contribution in [0.25, 0.3) is 0 Å². The summed E-state index contributed by atoms with van der Waals surface area (Å²) >= 11 is 0. The lowest BCUT2D eigenvalue weighted by Crippen LogP contribution is -2.13. The third-order valence-electron chi connectivity index (χ3n) is 2.58. The highest BCUT2D eigenvalue weighted by molar-refractivity contribution is 6.05. The van der Waals surface area contributed by atoms with Crippen molar-refractivity contribution in [2.45, 2.75) is 13.8 Å². The molecule has 1 aromatic heterocycles. The van der Waals surface area contributed by atoms with Gasteiger partial charge in [-0.1, -0.05) is 17.2 Å². The van der Waals surface area contributed by atoms with Crippen LogP contribution in [0.1, 0.15) is 21.5 Å². The fourth-order valence-electron chi connectivity index (χ4n) is 1.82. The monoisotopic (exact) mass is 241 g/mol. The van der Waals surface area contributed by atoms with Gasteiger partial charge in [-0.25, -0.2) is 0 Å². The van der Waals surface area contributed by atoms with E-state index in [0.29, 0.717) is 16.9 Å². The first kappa shape index (κ1) is 12.1. The molecule has 0 atom stereocenters. The first-order chi connectivity index (χ1) is 8.56. The fraction of sp³-hybridized carbons (Fsp3) is 0.143. The number of carbonyl (C=O) groups excluding carboxylic acids is 1. The molecule has 0 saturated heterocycles. The van der Waals surface area contributed by atoms with E-state index in [9.17, 15) is 4.79 Å². The smallest absolute Gasteiger partial charge is 0.255 e. The lowest BCUT2D eigenvalue weighted by atomic mass is 10.1.